The minimum Gasteiger partial charge on any atom is -0.468 e. The zero-order chi connectivity index (χ0) is 16.1. The molecule has 5 heteroatoms. The van der Waals surface area contributed by atoms with E-state index >= 15 is 0 Å². The number of hydrogen-bond donors (Lipinski definition) is 0. The smallest absolute Gasteiger partial charge is 0.318 e. The van der Waals surface area contributed by atoms with Crippen molar-refractivity contribution in [2.75, 3.05) is 12.9 Å². The summed E-state index contributed by atoms with van der Waals surface area (Å²) in [7, 11) is -0.0446. The molecule has 116 valence electrons. The van der Waals surface area contributed by atoms with Crippen LogP contribution in [0.5, 0.6) is 0 Å². The third kappa shape index (κ3) is 4.01. The van der Waals surface area contributed by atoms with Crippen LogP contribution in [0.25, 0.3) is 11.1 Å². The van der Waals surface area contributed by atoms with Crippen molar-refractivity contribution in [2.45, 2.75) is 12.2 Å². The summed E-state index contributed by atoms with van der Waals surface area (Å²) in [6.45, 7) is 1.81. The summed E-state index contributed by atoms with van der Waals surface area (Å²) in [5.74, 6) is -0.863. The van der Waals surface area contributed by atoms with E-state index in [1.54, 1.807) is 12.1 Å². The topological polar surface area (TPSA) is 43.4 Å². The Kier molecular flexibility index (Phi) is 5.44. The van der Waals surface area contributed by atoms with Crippen LogP contribution in [0.4, 0.5) is 4.39 Å². The number of methoxy groups -OCH3 is 1. The molecule has 0 N–H and O–H groups in total. The number of ether oxygens (including phenoxy) is 1. The van der Waals surface area contributed by atoms with Crippen LogP contribution in [-0.2, 0) is 20.3 Å². The Balaban J connectivity index is 2.12. The molecule has 0 amide bonds. The molecule has 0 spiro atoms. The van der Waals surface area contributed by atoms with E-state index in [1.165, 1.54) is 19.2 Å². The molecular weight excluding hydrogens is 303 g/mol. The van der Waals surface area contributed by atoms with Crippen LogP contribution in [0.1, 0.15) is 17.7 Å². The zero-order valence-corrected chi connectivity index (χ0v) is 13.2. The van der Waals surface area contributed by atoms with E-state index in [0.717, 1.165) is 16.7 Å². The van der Waals surface area contributed by atoms with Gasteiger partial charge in [0.25, 0.3) is 0 Å². The second-order valence-electron chi connectivity index (χ2n) is 4.87. The fraction of sp³-hybridized carbons (Fsp3) is 0.235. The maximum atomic E-state index is 12.9. The Labute approximate surface area is 131 Å². The summed E-state index contributed by atoms with van der Waals surface area (Å²) in [5.41, 5.74) is 2.75. The number of carbonyl (C=O) groups excluding carboxylic acids is 1. The second-order valence-corrected chi connectivity index (χ2v) is 6.63. The van der Waals surface area contributed by atoms with Crippen LogP contribution in [0.15, 0.2) is 48.5 Å². The van der Waals surface area contributed by atoms with Crippen molar-refractivity contribution >= 4 is 16.8 Å². The van der Waals surface area contributed by atoms with Gasteiger partial charge in [-0.15, -0.1) is 0 Å². The van der Waals surface area contributed by atoms with Crippen molar-refractivity contribution in [3.05, 3.63) is 59.9 Å². The summed E-state index contributed by atoms with van der Waals surface area (Å²) in [6, 6.07) is 13.8. The quantitative estimate of drug-likeness (QED) is 0.792. The Morgan fingerprint density at radius 1 is 1.09 bits per heavy atom. The van der Waals surface area contributed by atoms with Gasteiger partial charge in [0.15, 0.2) is 0 Å². The largest absolute Gasteiger partial charge is 0.468 e. The minimum absolute atomic E-state index is 0.114. The van der Waals surface area contributed by atoms with Crippen molar-refractivity contribution in [2.24, 2.45) is 0 Å². The molecule has 22 heavy (non-hydrogen) atoms. The third-order valence-electron chi connectivity index (χ3n) is 3.44. The van der Waals surface area contributed by atoms with Crippen LogP contribution in [0.3, 0.4) is 0 Å². The minimum atomic E-state index is -1.32. The van der Waals surface area contributed by atoms with Crippen LogP contribution in [-0.4, -0.2) is 23.0 Å². The number of rotatable bonds is 5. The molecule has 0 fully saturated rings. The lowest BCUT2D eigenvalue weighted by Gasteiger charge is -2.12. The van der Waals surface area contributed by atoms with Crippen LogP contribution >= 0.6 is 0 Å². The molecule has 0 aromatic heterocycles. The van der Waals surface area contributed by atoms with E-state index < -0.39 is 16.8 Å². The average Bonchev–Trinajstić information content (AvgIpc) is 2.55. The van der Waals surface area contributed by atoms with Gasteiger partial charge in [-0.3, -0.25) is 9.00 Å². The summed E-state index contributed by atoms with van der Waals surface area (Å²) in [5, 5.41) is -0.263. The molecule has 3 nitrogen and oxygen atoms in total. The molecule has 2 rings (SSSR count). The highest BCUT2D eigenvalue weighted by Crippen LogP contribution is 2.25. The maximum absolute atomic E-state index is 12.9. The van der Waals surface area contributed by atoms with E-state index in [1.807, 2.05) is 31.2 Å². The van der Waals surface area contributed by atoms with Gasteiger partial charge in [-0.1, -0.05) is 36.4 Å². The van der Waals surface area contributed by atoms with Crippen molar-refractivity contribution in [1.82, 2.24) is 0 Å². The number of benzene rings is 2. The highest BCUT2D eigenvalue weighted by Gasteiger charge is 2.17. The molecule has 2 atom stereocenters. The summed E-state index contributed by atoms with van der Waals surface area (Å²) >= 11 is 0. The number of esters is 1. The van der Waals surface area contributed by atoms with Gasteiger partial charge in [-0.05, 0) is 35.7 Å². The van der Waals surface area contributed by atoms with Crippen molar-refractivity contribution in [1.29, 1.82) is 0 Å². The van der Waals surface area contributed by atoms with Crippen molar-refractivity contribution in [3.63, 3.8) is 0 Å². The molecular formula is C17H17FO3S. The molecule has 0 saturated carbocycles. The Hall–Kier alpha value is -2.01. The lowest BCUT2D eigenvalue weighted by Crippen LogP contribution is -2.16. The number of hydrogen-bond acceptors (Lipinski definition) is 3. The van der Waals surface area contributed by atoms with Gasteiger partial charge in [0.05, 0.1) is 12.4 Å². The average molecular weight is 320 g/mol. The number of carbonyl (C=O) groups is 1. The first-order valence-corrected chi connectivity index (χ1v) is 8.19. The molecule has 2 aromatic carbocycles. The van der Waals surface area contributed by atoms with Gasteiger partial charge in [-0.25, -0.2) is 4.39 Å². The monoisotopic (exact) mass is 320 g/mol. The second kappa shape index (κ2) is 7.31. The van der Waals surface area contributed by atoms with Crippen molar-refractivity contribution in [3.8, 4) is 11.1 Å². The van der Waals surface area contributed by atoms with Crippen LogP contribution in [0, 0.1) is 5.82 Å². The maximum Gasteiger partial charge on any atom is 0.318 e. The van der Waals surface area contributed by atoms with E-state index in [-0.39, 0.29) is 16.8 Å². The van der Waals surface area contributed by atoms with E-state index in [9.17, 15) is 13.4 Å². The van der Waals surface area contributed by atoms with Gasteiger partial charge in [-0.2, -0.15) is 0 Å². The van der Waals surface area contributed by atoms with Gasteiger partial charge >= 0.3 is 5.97 Å². The zero-order valence-electron chi connectivity index (χ0n) is 12.4. The molecule has 0 aliphatic carbocycles. The van der Waals surface area contributed by atoms with Gasteiger partial charge < -0.3 is 4.74 Å². The predicted octanol–water partition coefficient (Wildman–Crippen LogP) is 3.48. The summed E-state index contributed by atoms with van der Waals surface area (Å²) in [6.07, 6.45) is 0. The molecule has 0 saturated heterocycles. The predicted molar refractivity (Wildman–Crippen MR) is 85.3 cm³/mol. The Bertz CT molecular complexity index is 665. The van der Waals surface area contributed by atoms with Gasteiger partial charge in [0.2, 0.25) is 0 Å². The molecule has 2 aromatic rings. The van der Waals surface area contributed by atoms with Crippen LogP contribution < -0.4 is 0 Å². The first-order valence-electron chi connectivity index (χ1n) is 6.81. The Morgan fingerprint density at radius 2 is 1.59 bits per heavy atom. The first kappa shape index (κ1) is 16.4. The fourth-order valence-corrected chi connectivity index (χ4v) is 3.10. The summed E-state index contributed by atoms with van der Waals surface area (Å²) in [4.78, 5) is 11.2. The van der Waals surface area contributed by atoms with E-state index in [4.69, 9.17) is 0 Å². The van der Waals surface area contributed by atoms with Gasteiger partial charge in [0, 0.05) is 10.8 Å². The fourth-order valence-electron chi connectivity index (χ4n) is 2.04. The van der Waals surface area contributed by atoms with Crippen LogP contribution in [0.2, 0.25) is 0 Å². The first-order chi connectivity index (χ1) is 10.5. The summed E-state index contributed by atoms with van der Waals surface area (Å²) < 4.78 is 29.5. The van der Waals surface area contributed by atoms with E-state index in [2.05, 4.69) is 4.74 Å². The lowest BCUT2D eigenvalue weighted by molar-refractivity contribution is -0.137. The SMILES string of the molecule is COC(=O)CS(=O)C(C)c1ccc(-c2ccc(F)cc2)cc1. The normalized spacial score (nSPS) is 13.4. The molecule has 0 aliphatic rings. The molecule has 0 aliphatic heterocycles. The third-order valence-corrected chi connectivity index (χ3v) is 5.02. The molecule has 0 radical (unpaired) electrons. The Morgan fingerprint density at radius 3 is 2.09 bits per heavy atom. The molecule has 0 bridgehead atoms. The standard InChI is InChI=1S/C17H17FO3S/c1-12(22(20)11-17(19)21-2)13-3-5-14(6-4-13)15-7-9-16(18)10-8-15/h3-10,12H,11H2,1-2H3. The highest BCUT2D eigenvalue weighted by molar-refractivity contribution is 7.85. The molecule has 2 unspecified atom stereocenters. The lowest BCUT2D eigenvalue weighted by atomic mass is 10.0. The van der Waals surface area contributed by atoms with E-state index in [0.29, 0.717) is 0 Å². The van der Waals surface area contributed by atoms with Crippen molar-refractivity contribution < 1.29 is 18.1 Å². The van der Waals surface area contributed by atoms with Gasteiger partial charge in [0.1, 0.15) is 11.6 Å². The molecule has 0 heterocycles. The number of halogens is 1. The highest BCUT2D eigenvalue weighted by atomic mass is 32.2.